The minimum absolute atomic E-state index is 0.101. The van der Waals surface area contributed by atoms with Crippen LogP contribution in [0.2, 0.25) is 0 Å². The molecule has 3 aromatic carbocycles. The zero-order chi connectivity index (χ0) is 20.7. The van der Waals surface area contributed by atoms with Gasteiger partial charge in [-0.1, -0.05) is 61.9 Å². The van der Waals surface area contributed by atoms with E-state index in [0.717, 1.165) is 18.4 Å². The summed E-state index contributed by atoms with van der Waals surface area (Å²) in [5.74, 6) is -0.347. The molecule has 0 radical (unpaired) electrons. The number of anilines is 2. The number of hydrogen-bond donors (Lipinski definition) is 2. The maximum absolute atomic E-state index is 12.8. The van der Waals surface area contributed by atoms with Crippen molar-refractivity contribution in [3.8, 4) is 0 Å². The number of amides is 1. The fourth-order valence-electron chi connectivity index (χ4n) is 3.09. The molecule has 1 amide bonds. The number of nitrogens with one attached hydrogen (secondary N) is 2. The maximum atomic E-state index is 12.8. The molecule has 0 aliphatic heterocycles. The number of hydrogen-bond acceptors (Lipinski definition) is 3. The normalized spacial score (nSPS) is 12.2. The fraction of sp³-hybridized carbons (Fsp3) is 0.174. The lowest BCUT2D eigenvalue weighted by atomic mass is 9.93. The van der Waals surface area contributed by atoms with E-state index in [1.807, 2.05) is 43.3 Å². The van der Waals surface area contributed by atoms with E-state index in [4.69, 9.17) is 0 Å². The molecule has 1 atom stereocenters. The number of rotatable bonds is 8. The van der Waals surface area contributed by atoms with E-state index in [2.05, 4.69) is 10.0 Å². The average Bonchev–Trinajstić information content (AvgIpc) is 2.73. The summed E-state index contributed by atoms with van der Waals surface area (Å²) in [6, 6.07) is 24.5. The summed E-state index contributed by atoms with van der Waals surface area (Å²) in [6.07, 6.45) is 1.62. The quantitative estimate of drug-likeness (QED) is 0.550. The third kappa shape index (κ3) is 5.45. The molecule has 5 nitrogen and oxygen atoms in total. The Morgan fingerprint density at radius 2 is 1.41 bits per heavy atom. The second kappa shape index (κ2) is 9.39. The third-order valence-corrected chi connectivity index (χ3v) is 5.95. The molecule has 2 N–H and O–H groups in total. The lowest BCUT2D eigenvalue weighted by molar-refractivity contribution is -0.117. The van der Waals surface area contributed by atoms with E-state index in [1.165, 1.54) is 12.1 Å². The molecule has 3 aromatic rings. The maximum Gasteiger partial charge on any atom is 0.261 e. The summed E-state index contributed by atoms with van der Waals surface area (Å²) in [7, 11) is -3.69. The molecule has 0 aliphatic rings. The van der Waals surface area contributed by atoms with Gasteiger partial charge in [-0.15, -0.1) is 0 Å². The van der Waals surface area contributed by atoms with Crippen molar-refractivity contribution in [1.29, 1.82) is 0 Å². The molecule has 29 heavy (non-hydrogen) atoms. The number of sulfonamides is 1. The van der Waals surface area contributed by atoms with Gasteiger partial charge in [0, 0.05) is 11.4 Å². The Morgan fingerprint density at radius 1 is 0.828 bits per heavy atom. The topological polar surface area (TPSA) is 75.3 Å². The summed E-state index contributed by atoms with van der Waals surface area (Å²) in [4.78, 5) is 12.9. The van der Waals surface area contributed by atoms with E-state index in [9.17, 15) is 13.2 Å². The molecule has 0 heterocycles. The monoisotopic (exact) mass is 408 g/mol. The number of carbonyl (C=O) groups excluding carboxylic acids is 1. The lowest BCUT2D eigenvalue weighted by Gasteiger charge is -2.17. The molecule has 0 aromatic heterocycles. The molecule has 3 rings (SSSR count). The van der Waals surface area contributed by atoms with Crippen LogP contribution in [0.4, 0.5) is 11.4 Å². The van der Waals surface area contributed by atoms with Gasteiger partial charge < -0.3 is 5.32 Å². The van der Waals surface area contributed by atoms with Crippen LogP contribution in [0, 0.1) is 0 Å². The predicted octanol–water partition coefficient (Wildman–Crippen LogP) is 5.01. The van der Waals surface area contributed by atoms with Crippen LogP contribution < -0.4 is 10.0 Å². The molecule has 0 saturated heterocycles. The number of carbonyl (C=O) groups is 1. The van der Waals surface area contributed by atoms with Gasteiger partial charge in [0.2, 0.25) is 5.91 Å². The highest BCUT2D eigenvalue weighted by molar-refractivity contribution is 7.92. The Bertz CT molecular complexity index is 1030. The SMILES string of the molecule is CCCC(C(=O)Nc1ccc(S(=O)(=O)Nc2ccccc2)cc1)c1ccccc1. The first-order valence-electron chi connectivity index (χ1n) is 9.53. The van der Waals surface area contributed by atoms with Gasteiger partial charge in [-0.25, -0.2) is 8.42 Å². The summed E-state index contributed by atoms with van der Waals surface area (Å²) in [5, 5.41) is 2.90. The summed E-state index contributed by atoms with van der Waals surface area (Å²) < 4.78 is 27.6. The molecular weight excluding hydrogens is 384 g/mol. The van der Waals surface area contributed by atoms with Gasteiger partial charge in [-0.3, -0.25) is 9.52 Å². The van der Waals surface area contributed by atoms with Crippen LogP contribution in [0.15, 0.2) is 89.8 Å². The molecule has 6 heteroatoms. The molecule has 0 aliphatic carbocycles. The highest BCUT2D eigenvalue weighted by Gasteiger charge is 2.20. The number of para-hydroxylation sites is 1. The largest absolute Gasteiger partial charge is 0.326 e. The van der Waals surface area contributed by atoms with Crippen molar-refractivity contribution in [2.24, 2.45) is 0 Å². The smallest absolute Gasteiger partial charge is 0.261 e. The second-order valence-electron chi connectivity index (χ2n) is 6.74. The van der Waals surface area contributed by atoms with Gasteiger partial charge in [-0.2, -0.15) is 0 Å². The van der Waals surface area contributed by atoms with Crippen LogP contribution in [-0.4, -0.2) is 14.3 Å². The summed E-state index contributed by atoms with van der Waals surface area (Å²) >= 11 is 0. The van der Waals surface area contributed by atoms with Crippen molar-refractivity contribution < 1.29 is 13.2 Å². The Balaban J connectivity index is 1.72. The zero-order valence-corrected chi connectivity index (χ0v) is 17.0. The Labute approximate surface area is 171 Å². The molecular formula is C23H24N2O3S. The van der Waals surface area contributed by atoms with E-state index in [-0.39, 0.29) is 16.7 Å². The Hall–Kier alpha value is -3.12. The van der Waals surface area contributed by atoms with E-state index in [0.29, 0.717) is 11.4 Å². The van der Waals surface area contributed by atoms with Gasteiger partial charge in [0.05, 0.1) is 10.8 Å². The fourth-order valence-corrected chi connectivity index (χ4v) is 4.15. The van der Waals surface area contributed by atoms with Crippen LogP contribution >= 0.6 is 0 Å². The molecule has 1 unspecified atom stereocenters. The third-order valence-electron chi connectivity index (χ3n) is 4.55. The van der Waals surface area contributed by atoms with Crippen molar-refractivity contribution >= 4 is 27.3 Å². The summed E-state index contributed by atoms with van der Waals surface area (Å²) in [5.41, 5.74) is 2.03. The van der Waals surface area contributed by atoms with Crippen LogP contribution in [-0.2, 0) is 14.8 Å². The Kier molecular flexibility index (Phi) is 6.67. The second-order valence-corrected chi connectivity index (χ2v) is 8.42. The number of benzene rings is 3. The zero-order valence-electron chi connectivity index (χ0n) is 16.2. The van der Waals surface area contributed by atoms with Gasteiger partial charge in [0.15, 0.2) is 0 Å². The van der Waals surface area contributed by atoms with Gasteiger partial charge >= 0.3 is 0 Å². The molecule has 0 saturated carbocycles. The van der Waals surface area contributed by atoms with E-state index in [1.54, 1.807) is 36.4 Å². The van der Waals surface area contributed by atoms with Crippen LogP contribution in [0.25, 0.3) is 0 Å². The highest BCUT2D eigenvalue weighted by Crippen LogP contribution is 2.24. The van der Waals surface area contributed by atoms with Crippen molar-refractivity contribution in [3.05, 3.63) is 90.5 Å². The predicted molar refractivity (Wildman–Crippen MR) is 116 cm³/mol. The van der Waals surface area contributed by atoms with Crippen LogP contribution in [0.1, 0.15) is 31.2 Å². The molecule has 0 bridgehead atoms. The summed E-state index contributed by atoms with van der Waals surface area (Å²) in [6.45, 7) is 2.04. The van der Waals surface area contributed by atoms with E-state index < -0.39 is 10.0 Å². The molecule has 150 valence electrons. The first kappa shape index (κ1) is 20.6. The van der Waals surface area contributed by atoms with Crippen molar-refractivity contribution in [2.45, 2.75) is 30.6 Å². The van der Waals surface area contributed by atoms with E-state index >= 15 is 0 Å². The first-order chi connectivity index (χ1) is 14.0. The van der Waals surface area contributed by atoms with Crippen LogP contribution in [0.5, 0.6) is 0 Å². The average molecular weight is 409 g/mol. The minimum atomic E-state index is -3.69. The van der Waals surface area contributed by atoms with Gasteiger partial charge in [0.1, 0.15) is 0 Å². The van der Waals surface area contributed by atoms with Gasteiger partial charge in [0.25, 0.3) is 10.0 Å². The van der Waals surface area contributed by atoms with Crippen LogP contribution in [0.3, 0.4) is 0 Å². The Morgan fingerprint density at radius 3 is 2.00 bits per heavy atom. The first-order valence-corrected chi connectivity index (χ1v) is 11.0. The van der Waals surface area contributed by atoms with Crippen molar-refractivity contribution in [3.63, 3.8) is 0 Å². The lowest BCUT2D eigenvalue weighted by Crippen LogP contribution is -2.21. The highest BCUT2D eigenvalue weighted by atomic mass is 32.2. The van der Waals surface area contributed by atoms with Crippen molar-refractivity contribution in [1.82, 2.24) is 0 Å². The minimum Gasteiger partial charge on any atom is -0.326 e. The molecule has 0 fully saturated rings. The molecule has 0 spiro atoms. The standard InChI is InChI=1S/C23H24N2O3S/c1-2-9-22(18-10-5-3-6-11-18)23(26)24-19-14-16-21(17-15-19)29(27,28)25-20-12-7-4-8-13-20/h3-8,10-17,22,25H,2,9H2,1H3,(H,24,26). The van der Waals surface area contributed by atoms with Gasteiger partial charge in [-0.05, 0) is 48.4 Å². The van der Waals surface area contributed by atoms with Crippen molar-refractivity contribution in [2.75, 3.05) is 10.0 Å².